The molecule has 0 aromatic rings. The summed E-state index contributed by atoms with van der Waals surface area (Å²) in [6.07, 6.45) is 1.14. The predicted molar refractivity (Wildman–Crippen MR) is 51.6 cm³/mol. The molecule has 13 heavy (non-hydrogen) atoms. The largest absolute Gasteiger partial charge is 0.480 e. The Kier molecular flexibility index (Phi) is 2.96. The van der Waals surface area contributed by atoms with E-state index >= 15 is 0 Å². The summed E-state index contributed by atoms with van der Waals surface area (Å²) in [5.74, 6) is -0.0681. The summed E-state index contributed by atoms with van der Waals surface area (Å²) in [5, 5.41) is 8.62. The molecule has 0 aromatic carbocycles. The molecule has 0 aromatic heterocycles. The van der Waals surface area contributed by atoms with Gasteiger partial charge in [0.2, 0.25) is 0 Å². The molecule has 0 radical (unpaired) electrons. The number of aliphatic carboxylic acids is 1. The van der Waals surface area contributed by atoms with Crippen LogP contribution >= 0.6 is 0 Å². The zero-order valence-electron chi connectivity index (χ0n) is 8.71. The van der Waals surface area contributed by atoms with Crippen LogP contribution in [-0.2, 0) is 4.79 Å². The monoisotopic (exact) mass is 185 g/mol. The van der Waals surface area contributed by atoms with Crippen LogP contribution in [0, 0.1) is 11.3 Å². The third-order valence-electron chi connectivity index (χ3n) is 2.86. The number of carboxylic acids is 1. The fourth-order valence-corrected chi connectivity index (χ4v) is 1.87. The van der Waals surface area contributed by atoms with Gasteiger partial charge in [-0.25, -0.2) is 0 Å². The molecule has 76 valence electrons. The number of nitrogens with zero attached hydrogens (tertiary/aromatic N) is 1. The van der Waals surface area contributed by atoms with E-state index in [1.165, 1.54) is 0 Å². The third-order valence-corrected chi connectivity index (χ3v) is 2.86. The van der Waals surface area contributed by atoms with Crippen molar-refractivity contribution >= 4 is 5.97 Å². The summed E-state index contributed by atoms with van der Waals surface area (Å²) in [6, 6.07) is 0. The Morgan fingerprint density at radius 2 is 2.15 bits per heavy atom. The predicted octanol–water partition coefficient (Wildman–Crippen LogP) is 1.44. The molecule has 1 heterocycles. The Morgan fingerprint density at radius 3 is 2.54 bits per heavy atom. The summed E-state index contributed by atoms with van der Waals surface area (Å²) in [7, 11) is 0. The van der Waals surface area contributed by atoms with Gasteiger partial charge in [-0.1, -0.05) is 20.8 Å². The van der Waals surface area contributed by atoms with Crippen LogP contribution in [0.25, 0.3) is 0 Å². The molecule has 1 aliphatic rings. The lowest BCUT2D eigenvalue weighted by Gasteiger charge is -2.26. The van der Waals surface area contributed by atoms with Crippen LogP contribution in [0.5, 0.6) is 0 Å². The van der Waals surface area contributed by atoms with Crippen LogP contribution in [0.3, 0.4) is 0 Å². The van der Waals surface area contributed by atoms with Gasteiger partial charge in [-0.15, -0.1) is 0 Å². The minimum atomic E-state index is -0.713. The second kappa shape index (κ2) is 3.66. The minimum Gasteiger partial charge on any atom is -0.480 e. The number of hydrogen-bond donors (Lipinski definition) is 1. The van der Waals surface area contributed by atoms with Gasteiger partial charge in [0.15, 0.2) is 0 Å². The van der Waals surface area contributed by atoms with Crippen molar-refractivity contribution < 1.29 is 9.90 Å². The van der Waals surface area contributed by atoms with Gasteiger partial charge in [0.05, 0.1) is 6.54 Å². The van der Waals surface area contributed by atoms with Crippen LogP contribution in [0.2, 0.25) is 0 Å². The van der Waals surface area contributed by atoms with Gasteiger partial charge in [0, 0.05) is 6.54 Å². The molecule has 0 spiro atoms. The Morgan fingerprint density at radius 1 is 1.54 bits per heavy atom. The van der Waals surface area contributed by atoms with E-state index in [1.807, 2.05) is 4.90 Å². The zero-order chi connectivity index (χ0) is 10.1. The number of carbonyl (C=O) groups is 1. The van der Waals surface area contributed by atoms with Gasteiger partial charge in [0.1, 0.15) is 0 Å². The first-order chi connectivity index (χ1) is 5.89. The highest BCUT2D eigenvalue weighted by Gasteiger charge is 2.32. The summed E-state index contributed by atoms with van der Waals surface area (Å²) in [4.78, 5) is 12.5. The van der Waals surface area contributed by atoms with E-state index in [2.05, 4.69) is 20.8 Å². The average molecular weight is 185 g/mol. The Balaban J connectivity index is 2.41. The maximum atomic E-state index is 10.5. The van der Waals surface area contributed by atoms with Crippen LogP contribution in [-0.4, -0.2) is 35.6 Å². The van der Waals surface area contributed by atoms with Gasteiger partial charge < -0.3 is 5.11 Å². The Hall–Kier alpha value is -0.570. The molecule has 1 N–H and O–H groups in total. The van der Waals surface area contributed by atoms with Crippen molar-refractivity contribution in [2.75, 3.05) is 19.6 Å². The van der Waals surface area contributed by atoms with E-state index in [-0.39, 0.29) is 6.54 Å². The number of hydrogen-bond acceptors (Lipinski definition) is 2. The maximum Gasteiger partial charge on any atom is 0.317 e. The maximum absolute atomic E-state index is 10.5. The lowest BCUT2D eigenvalue weighted by Crippen LogP contribution is -2.30. The van der Waals surface area contributed by atoms with Gasteiger partial charge in [0.25, 0.3) is 0 Å². The second-order valence-electron chi connectivity index (χ2n) is 4.98. The summed E-state index contributed by atoms with van der Waals surface area (Å²) >= 11 is 0. The SMILES string of the molecule is CC(C)(C)C1CCN(CC(=O)O)C1. The molecule has 1 fully saturated rings. The summed E-state index contributed by atoms with van der Waals surface area (Å²) < 4.78 is 0. The zero-order valence-corrected chi connectivity index (χ0v) is 8.71. The van der Waals surface area contributed by atoms with Crippen molar-refractivity contribution in [1.82, 2.24) is 4.90 Å². The Labute approximate surface area is 79.7 Å². The van der Waals surface area contributed by atoms with E-state index in [1.54, 1.807) is 0 Å². The van der Waals surface area contributed by atoms with E-state index in [4.69, 9.17) is 5.11 Å². The number of likely N-dealkylation sites (tertiary alicyclic amines) is 1. The van der Waals surface area contributed by atoms with Gasteiger partial charge in [-0.05, 0) is 24.3 Å². The summed E-state index contributed by atoms with van der Waals surface area (Å²) in [6.45, 7) is 8.75. The van der Waals surface area contributed by atoms with E-state index in [0.717, 1.165) is 19.5 Å². The smallest absolute Gasteiger partial charge is 0.317 e. The van der Waals surface area contributed by atoms with Crippen LogP contribution in [0.15, 0.2) is 0 Å². The summed E-state index contributed by atoms with van der Waals surface area (Å²) in [5.41, 5.74) is 0.313. The van der Waals surface area contributed by atoms with Crippen molar-refractivity contribution in [1.29, 1.82) is 0 Å². The fraction of sp³-hybridized carbons (Fsp3) is 0.900. The minimum absolute atomic E-state index is 0.201. The molecule has 0 aliphatic carbocycles. The quantitative estimate of drug-likeness (QED) is 0.707. The fourth-order valence-electron chi connectivity index (χ4n) is 1.87. The van der Waals surface area contributed by atoms with Gasteiger partial charge >= 0.3 is 5.97 Å². The van der Waals surface area contributed by atoms with E-state index in [9.17, 15) is 4.79 Å². The standard InChI is InChI=1S/C10H19NO2/c1-10(2,3)8-4-5-11(6-8)7-9(12)13/h8H,4-7H2,1-3H3,(H,12,13). The number of carboxylic acid groups (broad SMARTS) is 1. The van der Waals surface area contributed by atoms with Crippen LogP contribution in [0.1, 0.15) is 27.2 Å². The second-order valence-corrected chi connectivity index (χ2v) is 4.98. The van der Waals surface area contributed by atoms with Crippen molar-refractivity contribution in [3.8, 4) is 0 Å². The molecule has 0 bridgehead atoms. The molecular weight excluding hydrogens is 166 g/mol. The van der Waals surface area contributed by atoms with E-state index in [0.29, 0.717) is 11.3 Å². The van der Waals surface area contributed by atoms with Crippen molar-refractivity contribution in [2.45, 2.75) is 27.2 Å². The van der Waals surface area contributed by atoms with E-state index < -0.39 is 5.97 Å². The first kappa shape index (κ1) is 10.5. The highest BCUT2D eigenvalue weighted by molar-refractivity contribution is 5.69. The Bertz CT molecular complexity index is 196. The van der Waals surface area contributed by atoms with Gasteiger partial charge in [-0.2, -0.15) is 0 Å². The topological polar surface area (TPSA) is 40.5 Å². The highest BCUT2D eigenvalue weighted by Crippen LogP contribution is 2.33. The molecule has 0 amide bonds. The normalized spacial score (nSPS) is 25.0. The van der Waals surface area contributed by atoms with Crippen LogP contribution < -0.4 is 0 Å². The molecule has 3 nitrogen and oxygen atoms in total. The first-order valence-electron chi connectivity index (χ1n) is 4.84. The third kappa shape index (κ3) is 2.99. The molecular formula is C10H19NO2. The average Bonchev–Trinajstić information content (AvgIpc) is 2.32. The lowest BCUT2D eigenvalue weighted by molar-refractivity contribution is -0.138. The molecule has 1 unspecified atom stereocenters. The molecule has 1 saturated heterocycles. The van der Waals surface area contributed by atoms with Crippen molar-refractivity contribution in [2.24, 2.45) is 11.3 Å². The first-order valence-corrected chi connectivity index (χ1v) is 4.84. The van der Waals surface area contributed by atoms with Crippen molar-refractivity contribution in [3.05, 3.63) is 0 Å². The molecule has 1 atom stereocenters. The highest BCUT2D eigenvalue weighted by atomic mass is 16.4. The molecule has 0 saturated carbocycles. The lowest BCUT2D eigenvalue weighted by atomic mass is 9.80. The van der Waals surface area contributed by atoms with Gasteiger partial charge in [-0.3, -0.25) is 9.69 Å². The number of rotatable bonds is 2. The van der Waals surface area contributed by atoms with Crippen LogP contribution in [0.4, 0.5) is 0 Å². The molecule has 3 heteroatoms. The van der Waals surface area contributed by atoms with Crippen molar-refractivity contribution in [3.63, 3.8) is 0 Å². The molecule has 1 aliphatic heterocycles. The molecule has 1 rings (SSSR count).